The molecule has 3 rings (SSSR count). The first-order valence-corrected chi connectivity index (χ1v) is 9.93. The molecule has 0 aliphatic rings. The minimum atomic E-state index is -0.266. The molecular formula is C21H19N3O2S2. The molecule has 0 aliphatic heterocycles. The Kier molecular flexibility index (Phi) is 6.52. The second-order valence-corrected chi connectivity index (χ2v) is 7.43. The van der Waals surface area contributed by atoms with E-state index in [0.717, 1.165) is 5.56 Å². The summed E-state index contributed by atoms with van der Waals surface area (Å²) in [5, 5.41) is 10.5. The highest BCUT2D eigenvalue weighted by Gasteiger charge is 2.13. The maximum atomic E-state index is 12.6. The van der Waals surface area contributed by atoms with Gasteiger partial charge in [0.2, 0.25) is 0 Å². The van der Waals surface area contributed by atoms with E-state index in [1.165, 1.54) is 11.3 Å². The van der Waals surface area contributed by atoms with E-state index < -0.39 is 0 Å². The molecule has 0 spiro atoms. The van der Waals surface area contributed by atoms with Gasteiger partial charge in [-0.2, -0.15) is 0 Å². The molecule has 0 saturated carbocycles. The van der Waals surface area contributed by atoms with Crippen LogP contribution in [0.1, 0.15) is 38.6 Å². The van der Waals surface area contributed by atoms with Crippen molar-refractivity contribution in [2.24, 2.45) is 0 Å². The Morgan fingerprint density at radius 3 is 2.46 bits per heavy atom. The molecule has 5 nitrogen and oxygen atoms in total. The van der Waals surface area contributed by atoms with Crippen LogP contribution in [0.4, 0.5) is 5.69 Å². The van der Waals surface area contributed by atoms with Crippen molar-refractivity contribution in [2.45, 2.75) is 13.0 Å². The highest BCUT2D eigenvalue weighted by molar-refractivity contribution is 7.80. The van der Waals surface area contributed by atoms with Gasteiger partial charge in [-0.3, -0.25) is 14.9 Å². The summed E-state index contributed by atoms with van der Waals surface area (Å²) in [6.07, 6.45) is 0. The number of carbonyl (C=O) groups is 2. The standard InChI is InChI=1S/C21H19N3O2S2/c1-14(15-7-3-2-4-8-15)22-19(25)16-9-5-10-17(13-16)23-21(27)24-20(26)18-11-6-12-28-18/h2-14H,1H3,(H,22,25)(H2,23,24,26,27). The third-order valence-electron chi connectivity index (χ3n) is 4.00. The Hall–Kier alpha value is -3.03. The SMILES string of the molecule is CC(NC(=O)c1cccc(NC(=S)NC(=O)c2cccs2)c1)c1ccccc1. The molecule has 0 radical (unpaired) electrons. The predicted molar refractivity (Wildman–Crippen MR) is 117 cm³/mol. The zero-order chi connectivity index (χ0) is 19.9. The molecule has 2 aromatic carbocycles. The molecule has 1 atom stereocenters. The van der Waals surface area contributed by atoms with Gasteiger partial charge in [-0.05, 0) is 54.4 Å². The Morgan fingerprint density at radius 1 is 0.964 bits per heavy atom. The van der Waals surface area contributed by atoms with Gasteiger partial charge in [0, 0.05) is 11.3 Å². The molecule has 142 valence electrons. The number of hydrogen-bond donors (Lipinski definition) is 3. The van der Waals surface area contributed by atoms with E-state index in [1.807, 2.05) is 42.6 Å². The average Bonchev–Trinajstić information content (AvgIpc) is 3.23. The van der Waals surface area contributed by atoms with Crippen LogP contribution in [0.2, 0.25) is 0 Å². The number of carbonyl (C=O) groups excluding carboxylic acids is 2. The van der Waals surface area contributed by atoms with Gasteiger partial charge in [-0.25, -0.2) is 0 Å². The largest absolute Gasteiger partial charge is 0.346 e. The maximum Gasteiger partial charge on any atom is 0.267 e. The summed E-state index contributed by atoms with van der Waals surface area (Å²) in [5.41, 5.74) is 2.15. The minimum absolute atomic E-state index is 0.114. The van der Waals surface area contributed by atoms with Crippen molar-refractivity contribution in [1.82, 2.24) is 10.6 Å². The van der Waals surface area contributed by atoms with Crippen molar-refractivity contribution in [3.63, 3.8) is 0 Å². The molecule has 0 saturated heterocycles. The number of hydrogen-bond acceptors (Lipinski definition) is 4. The van der Waals surface area contributed by atoms with Crippen molar-refractivity contribution in [3.05, 3.63) is 88.1 Å². The Bertz CT molecular complexity index is 972. The predicted octanol–water partition coefficient (Wildman–Crippen LogP) is 4.37. The zero-order valence-corrected chi connectivity index (χ0v) is 16.8. The molecule has 0 fully saturated rings. The lowest BCUT2D eigenvalue weighted by atomic mass is 10.1. The van der Waals surface area contributed by atoms with Crippen LogP contribution in [0.3, 0.4) is 0 Å². The third-order valence-corrected chi connectivity index (χ3v) is 5.07. The van der Waals surface area contributed by atoms with Crippen LogP contribution in [-0.4, -0.2) is 16.9 Å². The summed E-state index contributed by atoms with van der Waals surface area (Å²) in [6, 6.07) is 20.1. The fourth-order valence-electron chi connectivity index (χ4n) is 2.58. The van der Waals surface area contributed by atoms with Crippen LogP contribution in [0.15, 0.2) is 72.1 Å². The van der Waals surface area contributed by atoms with E-state index >= 15 is 0 Å². The van der Waals surface area contributed by atoms with Gasteiger partial charge in [-0.1, -0.05) is 42.5 Å². The lowest BCUT2D eigenvalue weighted by molar-refractivity contribution is 0.0938. The summed E-state index contributed by atoms with van der Waals surface area (Å²) in [5.74, 6) is -0.452. The van der Waals surface area contributed by atoms with Crippen LogP contribution in [0.5, 0.6) is 0 Å². The van der Waals surface area contributed by atoms with Crippen LogP contribution in [0.25, 0.3) is 0 Å². The van der Waals surface area contributed by atoms with Crippen molar-refractivity contribution in [1.29, 1.82) is 0 Å². The van der Waals surface area contributed by atoms with E-state index in [2.05, 4.69) is 16.0 Å². The van der Waals surface area contributed by atoms with Gasteiger partial charge in [0.1, 0.15) is 0 Å². The Labute approximate surface area is 172 Å². The molecular weight excluding hydrogens is 390 g/mol. The van der Waals surface area contributed by atoms with Gasteiger partial charge >= 0.3 is 0 Å². The first-order chi connectivity index (χ1) is 13.5. The van der Waals surface area contributed by atoms with Crippen LogP contribution in [-0.2, 0) is 0 Å². The van der Waals surface area contributed by atoms with E-state index in [4.69, 9.17) is 12.2 Å². The van der Waals surface area contributed by atoms with E-state index in [-0.39, 0.29) is 23.0 Å². The maximum absolute atomic E-state index is 12.6. The number of thiophene rings is 1. The number of rotatable bonds is 5. The van der Waals surface area contributed by atoms with Crippen LogP contribution < -0.4 is 16.0 Å². The third kappa shape index (κ3) is 5.25. The Morgan fingerprint density at radius 2 is 1.75 bits per heavy atom. The summed E-state index contributed by atoms with van der Waals surface area (Å²) >= 11 is 6.53. The van der Waals surface area contributed by atoms with Crippen molar-refractivity contribution in [2.75, 3.05) is 5.32 Å². The molecule has 28 heavy (non-hydrogen) atoms. The van der Waals surface area contributed by atoms with Gasteiger partial charge in [0.15, 0.2) is 5.11 Å². The van der Waals surface area contributed by atoms with Gasteiger partial charge < -0.3 is 10.6 Å². The van der Waals surface area contributed by atoms with Crippen molar-refractivity contribution < 1.29 is 9.59 Å². The average molecular weight is 410 g/mol. The smallest absolute Gasteiger partial charge is 0.267 e. The van der Waals surface area contributed by atoms with Crippen molar-refractivity contribution >= 4 is 46.2 Å². The van der Waals surface area contributed by atoms with E-state index in [0.29, 0.717) is 16.1 Å². The monoisotopic (exact) mass is 409 g/mol. The summed E-state index contributed by atoms with van der Waals surface area (Å²) in [4.78, 5) is 25.2. The van der Waals surface area contributed by atoms with Crippen LogP contribution in [0, 0.1) is 0 Å². The molecule has 1 heterocycles. The fraction of sp³-hybridized carbons (Fsp3) is 0.0952. The van der Waals surface area contributed by atoms with Crippen LogP contribution >= 0.6 is 23.6 Å². The van der Waals surface area contributed by atoms with Gasteiger partial charge in [-0.15, -0.1) is 11.3 Å². The summed E-state index contributed by atoms with van der Waals surface area (Å²) in [6.45, 7) is 1.94. The van der Waals surface area contributed by atoms with Gasteiger partial charge in [0.25, 0.3) is 11.8 Å². The minimum Gasteiger partial charge on any atom is -0.346 e. The molecule has 3 aromatic rings. The lowest BCUT2D eigenvalue weighted by Gasteiger charge is -2.15. The molecule has 3 N–H and O–H groups in total. The van der Waals surface area contributed by atoms with Gasteiger partial charge in [0.05, 0.1) is 10.9 Å². The summed E-state index contributed by atoms with van der Waals surface area (Å²) in [7, 11) is 0. The molecule has 7 heteroatoms. The topological polar surface area (TPSA) is 70.2 Å². The highest BCUT2D eigenvalue weighted by atomic mass is 32.1. The van der Waals surface area contributed by atoms with Crippen molar-refractivity contribution in [3.8, 4) is 0 Å². The first kappa shape index (κ1) is 19.7. The number of benzene rings is 2. The normalized spacial score (nSPS) is 11.3. The number of nitrogens with one attached hydrogen (secondary N) is 3. The molecule has 0 bridgehead atoms. The van der Waals surface area contributed by atoms with E-state index in [1.54, 1.807) is 36.4 Å². The number of anilines is 1. The molecule has 1 unspecified atom stereocenters. The zero-order valence-electron chi connectivity index (χ0n) is 15.1. The second kappa shape index (κ2) is 9.25. The quantitative estimate of drug-likeness (QED) is 0.548. The molecule has 2 amide bonds. The number of amides is 2. The molecule has 0 aliphatic carbocycles. The second-order valence-electron chi connectivity index (χ2n) is 6.07. The lowest BCUT2D eigenvalue weighted by Crippen LogP contribution is -2.33. The number of thiocarbonyl (C=S) groups is 1. The highest BCUT2D eigenvalue weighted by Crippen LogP contribution is 2.15. The molecule has 1 aromatic heterocycles. The first-order valence-electron chi connectivity index (χ1n) is 8.64. The van der Waals surface area contributed by atoms with E-state index in [9.17, 15) is 9.59 Å². The summed E-state index contributed by atoms with van der Waals surface area (Å²) < 4.78 is 0. The Balaban J connectivity index is 1.61. The fourth-order valence-corrected chi connectivity index (χ4v) is 3.41.